The predicted molar refractivity (Wildman–Crippen MR) is 65.2 cm³/mol. The van der Waals surface area contributed by atoms with Gasteiger partial charge in [-0.15, -0.1) is 0 Å². The Morgan fingerprint density at radius 3 is 3.11 bits per heavy atom. The number of carbonyl (C=O) groups is 1. The van der Waals surface area contributed by atoms with Crippen LogP contribution in [-0.2, 0) is 16.6 Å². The van der Waals surface area contributed by atoms with Crippen molar-refractivity contribution in [3.63, 3.8) is 0 Å². The Morgan fingerprint density at radius 2 is 2.50 bits per heavy atom. The number of nitrogens with zero attached hydrogens (tertiary/aromatic N) is 3. The first-order chi connectivity index (χ1) is 8.59. The van der Waals surface area contributed by atoms with Gasteiger partial charge in [0.2, 0.25) is 0 Å². The Kier molecular flexibility index (Phi) is 3.98. The smallest absolute Gasteiger partial charge is 0.305 e. The lowest BCUT2D eigenvalue weighted by Gasteiger charge is -2.39. The second kappa shape index (κ2) is 5.49. The molecule has 18 heavy (non-hydrogen) atoms. The fraction of sp³-hybridized carbons (Fsp3) is 0.667. The second-order valence-electron chi connectivity index (χ2n) is 4.62. The van der Waals surface area contributed by atoms with E-state index in [2.05, 4.69) is 16.9 Å². The summed E-state index contributed by atoms with van der Waals surface area (Å²) in [6.45, 7) is 3.97. The molecule has 6 nitrogen and oxygen atoms in total. The highest BCUT2D eigenvalue weighted by Crippen LogP contribution is 2.25. The topological polar surface area (TPSA) is 67.6 Å². The van der Waals surface area contributed by atoms with Crippen LogP contribution < -0.4 is 0 Å². The molecule has 0 aromatic carbocycles. The van der Waals surface area contributed by atoms with E-state index in [0.29, 0.717) is 13.2 Å². The summed E-state index contributed by atoms with van der Waals surface area (Å²) in [7, 11) is 1.90. The standard InChI is InChI=1S/C12H19N3O3/c1-9(11-3-4-13-14(11)2)15-5-6-18-8-10(15)7-12(16)17/h3-4,9-10H,5-8H2,1-2H3,(H,16,17). The van der Waals surface area contributed by atoms with Crippen LogP contribution in [0.4, 0.5) is 0 Å². The maximum atomic E-state index is 10.9. The first kappa shape index (κ1) is 13.0. The van der Waals surface area contributed by atoms with Crippen molar-refractivity contribution in [3.8, 4) is 0 Å². The van der Waals surface area contributed by atoms with Crippen LogP contribution in [0.3, 0.4) is 0 Å². The van der Waals surface area contributed by atoms with Crippen LogP contribution >= 0.6 is 0 Å². The number of carboxylic acids is 1. The molecule has 0 amide bonds. The van der Waals surface area contributed by atoms with Crippen LogP contribution in [0.5, 0.6) is 0 Å². The Balaban J connectivity index is 2.13. The van der Waals surface area contributed by atoms with Gasteiger partial charge in [0.15, 0.2) is 0 Å². The number of rotatable bonds is 4. The fourth-order valence-corrected chi connectivity index (χ4v) is 2.52. The normalized spacial score (nSPS) is 22.9. The fourth-order valence-electron chi connectivity index (χ4n) is 2.52. The van der Waals surface area contributed by atoms with Crippen molar-refractivity contribution in [3.05, 3.63) is 18.0 Å². The molecule has 0 aliphatic carbocycles. The zero-order valence-electron chi connectivity index (χ0n) is 10.7. The largest absolute Gasteiger partial charge is 0.481 e. The molecule has 2 atom stereocenters. The van der Waals surface area contributed by atoms with Gasteiger partial charge in [0.25, 0.3) is 0 Å². The Morgan fingerprint density at radius 1 is 1.72 bits per heavy atom. The van der Waals surface area contributed by atoms with E-state index in [4.69, 9.17) is 9.84 Å². The first-order valence-electron chi connectivity index (χ1n) is 6.12. The molecule has 6 heteroatoms. The third-order valence-corrected chi connectivity index (χ3v) is 3.47. The molecule has 1 fully saturated rings. The number of aromatic nitrogens is 2. The van der Waals surface area contributed by atoms with Crippen LogP contribution in [0, 0.1) is 0 Å². The average Bonchev–Trinajstić information content (AvgIpc) is 2.74. The molecule has 1 saturated heterocycles. The summed E-state index contributed by atoms with van der Waals surface area (Å²) in [6.07, 6.45) is 1.88. The van der Waals surface area contributed by atoms with Crippen molar-refractivity contribution in [2.75, 3.05) is 19.8 Å². The maximum Gasteiger partial charge on any atom is 0.305 e. The maximum absolute atomic E-state index is 10.9. The van der Waals surface area contributed by atoms with Crippen molar-refractivity contribution >= 4 is 5.97 Å². The summed E-state index contributed by atoms with van der Waals surface area (Å²) in [5.74, 6) is -0.785. The van der Waals surface area contributed by atoms with E-state index >= 15 is 0 Å². The van der Waals surface area contributed by atoms with Crippen LogP contribution in [0.15, 0.2) is 12.3 Å². The number of ether oxygens (including phenoxy) is 1. The minimum absolute atomic E-state index is 0.0684. The summed E-state index contributed by atoms with van der Waals surface area (Å²) in [6, 6.07) is 2.05. The van der Waals surface area contributed by atoms with Crippen molar-refractivity contribution in [1.82, 2.24) is 14.7 Å². The molecular weight excluding hydrogens is 234 g/mol. The predicted octanol–water partition coefficient (Wildman–Crippen LogP) is 0.657. The van der Waals surface area contributed by atoms with Gasteiger partial charge in [-0.25, -0.2) is 0 Å². The van der Waals surface area contributed by atoms with Crippen LogP contribution in [0.25, 0.3) is 0 Å². The molecule has 2 unspecified atom stereocenters. The zero-order chi connectivity index (χ0) is 13.1. The second-order valence-corrected chi connectivity index (χ2v) is 4.62. The third kappa shape index (κ3) is 2.70. The molecule has 1 aromatic rings. The van der Waals surface area contributed by atoms with E-state index < -0.39 is 5.97 Å². The molecule has 2 heterocycles. The molecule has 0 spiro atoms. The van der Waals surface area contributed by atoms with Gasteiger partial charge < -0.3 is 9.84 Å². The molecule has 100 valence electrons. The van der Waals surface area contributed by atoms with E-state index in [1.54, 1.807) is 6.20 Å². The van der Waals surface area contributed by atoms with Crippen LogP contribution in [0.2, 0.25) is 0 Å². The lowest BCUT2D eigenvalue weighted by Crippen LogP contribution is -2.47. The molecular formula is C12H19N3O3. The highest BCUT2D eigenvalue weighted by molar-refractivity contribution is 5.67. The van der Waals surface area contributed by atoms with Gasteiger partial charge in [-0.05, 0) is 13.0 Å². The van der Waals surface area contributed by atoms with Gasteiger partial charge in [0.05, 0.1) is 25.3 Å². The number of carboxylic acid groups (broad SMARTS) is 1. The summed E-state index contributed by atoms with van der Waals surface area (Å²) < 4.78 is 7.21. The molecule has 0 bridgehead atoms. The minimum atomic E-state index is -0.785. The van der Waals surface area contributed by atoms with Crippen LogP contribution in [-0.4, -0.2) is 51.6 Å². The quantitative estimate of drug-likeness (QED) is 0.853. The van der Waals surface area contributed by atoms with Crippen molar-refractivity contribution < 1.29 is 14.6 Å². The van der Waals surface area contributed by atoms with Gasteiger partial charge in [-0.2, -0.15) is 5.10 Å². The summed E-state index contributed by atoms with van der Waals surface area (Å²) in [4.78, 5) is 13.1. The average molecular weight is 253 g/mol. The molecule has 0 radical (unpaired) electrons. The third-order valence-electron chi connectivity index (χ3n) is 3.47. The molecule has 1 aliphatic rings. The molecule has 1 aliphatic heterocycles. The van der Waals surface area contributed by atoms with Gasteiger partial charge >= 0.3 is 5.97 Å². The van der Waals surface area contributed by atoms with Crippen molar-refractivity contribution in [1.29, 1.82) is 0 Å². The SMILES string of the molecule is CC(c1ccnn1C)N1CCOCC1CC(=O)O. The Labute approximate surface area is 106 Å². The van der Waals surface area contributed by atoms with Crippen molar-refractivity contribution in [2.24, 2.45) is 7.05 Å². The van der Waals surface area contributed by atoms with E-state index in [-0.39, 0.29) is 18.5 Å². The van der Waals surface area contributed by atoms with E-state index in [9.17, 15) is 4.79 Å². The summed E-state index contributed by atoms with van der Waals surface area (Å²) >= 11 is 0. The molecule has 0 saturated carbocycles. The number of hydrogen-bond acceptors (Lipinski definition) is 4. The van der Waals surface area contributed by atoms with E-state index in [0.717, 1.165) is 12.2 Å². The number of aliphatic carboxylic acids is 1. The first-order valence-corrected chi connectivity index (χ1v) is 6.12. The molecule has 1 aromatic heterocycles. The summed E-state index contributed by atoms with van der Waals surface area (Å²) in [5, 5.41) is 13.1. The Hall–Kier alpha value is -1.40. The highest BCUT2D eigenvalue weighted by Gasteiger charge is 2.30. The highest BCUT2D eigenvalue weighted by atomic mass is 16.5. The van der Waals surface area contributed by atoms with Gasteiger partial charge in [-0.3, -0.25) is 14.4 Å². The monoisotopic (exact) mass is 253 g/mol. The van der Waals surface area contributed by atoms with Crippen LogP contribution in [0.1, 0.15) is 25.1 Å². The van der Waals surface area contributed by atoms with Gasteiger partial charge in [0, 0.05) is 31.9 Å². The number of aryl methyl sites for hydroxylation is 1. The molecule has 1 N–H and O–H groups in total. The summed E-state index contributed by atoms with van der Waals surface area (Å²) in [5.41, 5.74) is 1.09. The van der Waals surface area contributed by atoms with Gasteiger partial charge in [0.1, 0.15) is 0 Å². The zero-order valence-corrected chi connectivity index (χ0v) is 10.7. The lowest BCUT2D eigenvalue weighted by atomic mass is 10.1. The van der Waals surface area contributed by atoms with Crippen molar-refractivity contribution in [2.45, 2.75) is 25.4 Å². The van der Waals surface area contributed by atoms with E-state index in [1.807, 2.05) is 17.8 Å². The number of morpholine rings is 1. The lowest BCUT2D eigenvalue weighted by molar-refractivity contribution is -0.140. The number of hydrogen-bond donors (Lipinski definition) is 1. The Bertz CT molecular complexity index is 418. The molecule has 2 rings (SSSR count). The van der Waals surface area contributed by atoms with Gasteiger partial charge in [-0.1, -0.05) is 0 Å². The minimum Gasteiger partial charge on any atom is -0.481 e. The van der Waals surface area contributed by atoms with E-state index in [1.165, 1.54) is 0 Å².